The van der Waals surface area contributed by atoms with Crippen molar-refractivity contribution >= 4 is 22.5 Å². The Balaban J connectivity index is 1.58. The predicted molar refractivity (Wildman–Crippen MR) is 105 cm³/mol. The molecule has 4 N–H and O–H groups in total. The Morgan fingerprint density at radius 1 is 1.07 bits per heavy atom. The van der Waals surface area contributed by atoms with Crippen LogP contribution in [0.4, 0.5) is 11.5 Å². The zero-order valence-corrected chi connectivity index (χ0v) is 15.2. The zero-order chi connectivity index (χ0) is 18.8. The molecule has 0 amide bonds. The molecule has 0 saturated carbocycles. The number of pyridine rings is 1. The van der Waals surface area contributed by atoms with Crippen molar-refractivity contribution in [2.75, 3.05) is 5.32 Å². The minimum atomic E-state index is 0.425. The topological polar surface area (TPSA) is 102 Å². The third kappa shape index (κ3) is 3.58. The smallest absolute Gasteiger partial charge is 0.158 e. The molecule has 0 radical (unpaired) electrons. The lowest BCUT2D eigenvalue weighted by Crippen LogP contribution is -1.98. The Labute approximate surface area is 156 Å². The molecule has 3 aromatic heterocycles. The number of rotatable bonds is 5. The van der Waals surface area contributed by atoms with Crippen molar-refractivity contribution in [3.8, 4) is 11.5 Å². The van der Waals surface area contributed by atoms with Gasteiger partial charge in [-0.15, -0.1) is 0 Å². The first-order valence-electron chi connectivity index (χ1n) is 8.63. The molecule has 0 fully saturated rings. The second-order valence-electron chi connectivity index (χ2n) is 6.32. The second kappa shape index (κ2) is 7.05. The van der Waals surface area contributed by atoms with Crippen LogP contribution in [0.5, 0.6) is 11.5 Å². The first-order chi connectivity index (χ1) is 13.1. The second-order valence-corrected chi connectivity index (χ2v) is 6.32. The van der Waals surface area contributed by atoms with Gasteiger partial charge >= 0.3 is 0 Å². The van der Waals surface area contributed by atoms with E-state index >= 15 is 0 Å². The number of anilines is 2. The molecule has 0 aliphatic heterocycles. The predicted octanol–water partition coefficient (Wildman–Crippen LogP) is 3.96. The summed E-state index contributed by atoms with van der Waals surface area (Å²) in [7, 11) is 0. The van der Waals surface area contributed by atoms with Crippen LogP contribution in [0.1, 0.15) is 17.0 Å². The molecular weight excluding hydrogens is 340 g/mol. The number of nitrogens with one attached hydrogen (secondary N) is 2. The summed E-state index contributed by atoms with van der Waals surface area (Å²) < 4.78 is 5.92. The molecule has 0 aliphatic carbocycles. The minimum absolute atomic E-state index is 0.425. The van der Waals surface area contributed by atoms with Gasteiger partial charge in [0, 0.05) is 23.6 Å². The van der Waals surface area contributed by atoms with Gasteiger partial charge in [0.2, 0.25) is 0 Å². The lowest BCUT2D eigenvalue weighted by atomic mass is 10.2. The molecule has 3 heterocycles. The maximum atomic E-state index is 5.92. The number of H-pyrrole nitrogens is 1. The Hall–Kier alpha value is -3.45. The molecule has 7 heteroatoms. The maximum Gasteiger partial charge on any atom is 0.158 e. The van der Waals surface area contributed by atoms with Crippen LogP contribution >= 0.6 is 0 Å². The summed E-state index contributed by atoms with van der Waals surface area (Å²) in [6.45, 7) is 4.37. The van der Waals surface area contributed by atoms with E-state index in [9.17, 15) is 0 Å². The number of nitrogens with zero attached hydrogens (tertiary/aromatic N) is 3. The van der Waals surface area contributed by atoms with E-state index in [1.54, 1.807) is 6.20 Å². The van der Waals surface area contributed by atoms with Crippen LogP contribution < -0.4 is 15.8 Å². The van der Waals surface area contributed by atoms with Gasteiger partial charge < -0.3 is 20.8 Å². The van der Waals surface area contributed by atoms with Crippen LogP contribution in [-0.2, 0) is 6.54 Å². The molecule has 0 aliphatic rings. The first-order valence-corrected chi connectivity index (χ1v) is 8.63. The fourth-order valence-electron chi connectivity index (χ4n) is 2.82. The van der Waals surface area contributed by atoms with Crippen LogP contribution in [0.2, 0.25) is 0 Å². The fourth-order valence-corrected chi connectivity index (χ4v) is 2.82. The van der Waals surface area contributed by atoms with E-state index in [0.717, 1.165) is 39.4 Å². The van der Waals surface area contributed by atoms with Crippen LogP contribution in [0.25, 0.3) is 11.0 Å². The number of aromatic nitrogens is 4. The Bertz CT molecular complexity index is 1090. The average molecular weight is 360 g/mol. The third-order valence-corrected chi connectivity index (χ3v) is 4.24. The minimum Gasteiger partial charge on any atom is -0.455 e. The SMILES string of the molecule is Cc1ccc(Oc2ccc(Nc3ncnc4cc(CN)[nH]c34)cc2C)cn1. The maximum absolute atomic E-state index is 5.92. The monoisotopic (exact) mass is 360 g/mol. The number of fused-ring (bicyclic) bond motifs is 1. The van der Waals surface area contributed by atoms with E-state index in [4.69, 9.17) is 10.5 Å². The molecule has 0 unspecified atom stereocenters. The third-order valence-electron chi connectivity index (χ3n) is 4.24. The highest BCUT2D eigenvalue weighted by Crippen LogP contribution is 2.29. The van der Waals surface area contributed by atoms with Crippen molar-refractivity contribution < 1.29 is 4.74 Å². The van der Waals surface area contributed by atoms with Crippen LogP contribution in [0, 0.1) is 13.8 Å². The van der Waals surface area contributed by atoms with Gasteiger partial charge in [-0.2, -0.15) is 0 Å². The molecule has 4 aromatic rings. The van der Waals surface area contributed by atoms with Crippen molar-refractivity contribution in [3.63, 3.8) is 0 Å². The summed E-state index contributed by atoms with van der Waals surface area (Å²) in [6, 6.07) is 11.6. The molecule has 136 valence electrons. The van der Waals surface area contributed by atoms with E-state index in [1.807, 2.05) is 50.2 Å². The van der Waals surface area contributed by atoms with Crippen molar-refractivity contribution in [1.29, 1.82) is 0 Å². The van der Waals surface area contributed by atoms with Crippen molar-refractivity contribution in [2.45, 2.75) is 20.4 Å². The number of aryl methyl sites for hydroxylation is 2. The van der Waals surface area contributed by atoms with Gasteiger partial charge in [-0.05, 0) is 55.8 Å². The van der Waals surface area contributed by atoms with E-state index < -0.39 is 0 Å². The molecule has 1 aromatic carbocycles. The largest absolute Gasteiger partial charge is 0.455 e. The van der Waals surface area contributed by atoms with Crippen LogP contribution in [0.15, 0.2) is 48.9 Å². The zero-order valence-electron chi connectivity index (χ0n) is 15.2. The molecule has 0 bridgehead atoms. The number of aromatic amines is 1. The van der Waals surface area contributed by atoms with Gasteiger partial charge in [0.05, 0.1) is 11.7 Å². The van der Waals surface area contributed by atoms with E-state index in [2.05, 4.69) is 25.3 Å². The van der Waals surface area contributed by atoms with Gasteiger partial charge in [0.25, 0.3) is 0 Å². The summed E-state index contributed by atoms with van der Waals surface area (Å²) in [5.41, 5.74) is 11.2. The lowest BCUT2D eigenvalue weighted by molar-refractivity contribution is 0.476. The Kier molecular flexibility index (Phi) is 4.43. The molecule has 0 atom stereocenters. The number of ether oxygens (including phenoxy) is 1. The van der Waals surface area contributed by atoms with Crippen molar-refractivity contribution in [2.24, 2.45) is 5.73 Å². The van der Waals surface area contributed by atoms with Crippen LogP contribution in [-0.4, -0.2) is 19.9 Å². The lowest BCUT2D eigenvalue weighted by Gasteiger charge is -2.12. The molecule has 0 saturated heterocycles. The summed E-state index contributed by atoms with van der Waals surface area (Å²) >= 11 is 0. The van der Waals surface area contributed by atoms with Gasteiger partial charge in [-0.1, -0.05) is 0 Å². The molecule has 4 rings (SSSR count). The van der Waals surface area contributed by atoms with Gasteiger partial charge in [-0.3, -0.25) is 4.98 Å². The van der Waals surface area contributed by atoms with Gasteiger partial charge in [0.15, 0.2) is 5.82 Å². The van der Waals surface area contributed by atoms with Gasteiger partial charge in [0.1, 0.15) is 23.3 Å². The van der Waals surface area contributed by atoms with Crippen LogP contribution in [0.3, 0.4) is 0 Å². The van der Waals surface area contributed by atoms with Crippen molar-refractivity contribution in [1.82, 2.24) is 19.9 Å². The highest BCUT2D eigenvalue weighted by Gasteiger charge is 2.09. The number of hydrogen-bond acceptors (Lipinski definition) is 6. The highest BCUT2D eigenvalue weighted by atomic mass is 16.5. The molecule has 7 nitrogen and oxygen atoms in total. The van der Waals surface area contributed by atoms with E-state index in [-0.39, 0.29) is 0 Å². The molecule has 27 heavy (non-hydrogen) atoms. The summed E-state index contributed by atoms with van der Waals surface area (Å²) in [5, 5.41) is 3.33. The molecular formula is C20H20N6O. The number of nitrogens with two attached hydrogens (primary N) is 1. The summed E-state index contributed by atoms with van der Waals surface area (Å²) in [5.74, 6) is 2.20. The fraction of sp³-hybridized carbons (Fsp3) is 0.150. The summed E-state index contributed by atoms with van der Waals surface area (Å²) in [4.78, 5) is 16.1. The van der Waals surface area contributed by atoms with Crippen molar-refractivity contribution in [3.05, 3.63) is 65.9 Å². The Morgan fingerprint density at radius 3 is 2.70 bits per heavy atom. The highest BCUT2D eigenvalue weighted by molar-refractivity contribution is 5.88. The quantitative estimate of drug-likeness (QED) is 0.498. The first kappa shape index (κ1) is 17.0. The average Bonchev–Trinajstić information content (AvgIpc) is 3.10. The Morgan fingerprint density at radius 2 is 1.96 bits per heavy atom. The molecule has 0 spiro atoms. The van der Waals surface area contributed by atoms with Gasteiger partial charge in [-0.25, -0.2) is 9.97 Å². The van der Waals surface area contributed by atoms with E-state index in [1.165, 1.54) is 6.33 Å². The van der Waals surface area contributed by atoms with E-state index in [0.29, 0.717) is 18.1 Å². The number of benzene rings is 1. The standard InChI is InChI=1S/C20H20N6O/c1-12-7-14(4-6-18(12)27-16-5-3-13(2)22-10-16)26-20-19-17(23-11-24-20)8-15(9-21)25-19/h3-8,10-11,25H,9,21H2,1-2H3,(H,23,24,26). The summed E-state index contributed by atoms with van der Waals surface area (Å²) in [6.07, 6.45) is 3.26. The number of hydrogen-bond donors (Lipinski definition) is 3. The normalized spacial score (nSPS) is 10.9.